The van der Waals surface area contributed by atoms with E-state index in [1.165, 1.54) is 12.1 Å². The first-order valence-corrected chi connectivity index (χ1v) is 12.5. The van der Waals surface area contributed by atoms with Crippen LogP contribution in [0.5, 0.6) is 6.01 Å². The number of hydrogen-bond donors (Lipinski definition) is 3. The fraction of sp³-hybridized carbons (Fsp3) is 0.440. The van der Waals surface area contributed by atoms with Gasteiger partial charge in [0.2, 0.25) is 0 Å². The van der Waals surface area contributed by atoms with E-state index >= 15 is 0 Å². The first-order valence-electron chi connectivity index (χ1n) is 12.1. The van der Waals surface area contributed by atoms with Gasteiger partial charge in [-0.2, -0.15) is 4.98 Å². The highest BCUT2D eigenvalue weighted by Crippen LogP contribution is 2.31. The summed E-state index contributed by atoms with van der Waals surface area (Å²) in [4.78, 5) is 13.9. The summed E-state index contributed by atoms with van der Waals surface area (Å²) in [6.45, 7) is 1.88. The Bertz CT molecular complexity index is 1350. The summed E-state index contributed by atoms with van der Waals surface area (Å²) in [5.41, 5.74) is 2.19. The lowest BCUT2D eigenvalue weighted by molar-refractivity contribution is 0.00706. The lowest BCUT2D eigenvalue weighted by Crippen LogP contribution is -2.34. The molecule has 0 radical (unpaired) electrons. The van der Waals surface area contributed by atoms with Crippen LogP contribution in [0.25, 0.3) is 16.7 Å². The first kappa shape index (κ1) is 24.5. The second-order valence-electron chi connectivity index (χ2n) is 9.58. The van der Waals surface area contributed by atoms with Gasteiger partial charge in [0, 0.05) is 25.2 Å². The van der Waals surface area contributed by atoms with Crippen LogP contribution in [0.2, 0.25) is 5.02 Å². The van der Waals surface area contributed by atoms with Crippen molar-refractivity contribution >= 4 is 34.2 Å². The van der Waals surface area contributed by atoms with Gasteiger partial charge in [-0.25, -0.2) is 13.8 Å². The van der Waals surface area contributed by atoms with Crippen LogP contribution in [-0.4, -0.2) is 82.7 Å². The Morgan fingerprint density at radius 1 is 1.19 bits per heavy atom. The second-order valence-corrected chi connectivity index (χ2v) is 9.99. The van der Waals surface area contributed by atoms with E-state index in [0.29, 0.717) is 23.3 Å². The molecule has 3 N–H and O–H groups in total. The van der Waals surface area contributed by atoms with Gasteiger partial charge in [-0.05, 0) is 42.8 Å². The molecule has 1 aromatic carbocycles. The Balaban J connectivity index is 1.16. The van der Waals surface area contributed by atoms with Gasteiger partial charge in [0.15, 0.2) is 11.8 Å². The van der Waals surface area contributed by atoms with Gasteiger partial charge in [0.1, 0.15) is 35.8 Å². The van der Waals surface area contributed by atoms with Gasteiger partial charge < -0.3 is 34.5 Å². The molecule has 0 bridgehead atoms. The minimum atomic E-state index is -0.680. The van der Waals surface area contributed by atoms with Crippen molar-refractivity contribution in [3.8, 4) is 6.01 Å². The predicted octanol–water partition coefficient (Wildman–Crippen LogP) is 3.13. The van der Waals surface area contributed by atoms with Gasteiger partial charge >= 0.3 is 0 Å². The van der Waals surface area contributed by atoms with E-state index < -0.39 is 29.9 Å². The van der Waals surface area contributed by atoms with Crippen molar-refractivity contribution in [2.24, 2.45) is 0 Å². The molecule has 3 aliphatic heterocycles. The Hall–Kier alpha value is -2.83. The molecule has 3 aromatic rings. The van der Waals surface area contributed by atoms with Crippen molar-refractivity contribution in [3.05, 3.63) is 52.1 Å². The van der Waals surface area contributed by atoms with E-state index in [2.05, 4.69) is 25.2 Å². The molecule has 2 fully saturated rings. The van der Waals surface area contributed by atoms with Gasteiger partial charge in [0.05, 0.1) is 23.8 Å². The van der Waals surface area contributed by atoms with E-state index in [4.69, 9.17) is 25.8 Å². The van der Waals surface area contributed by atoms with Crippen LogP contribution < -0.4 is 10.1 Å². The Labute approximate surface area is 216 Å². The molecule has 0 spiro atoms. The topological polar surface area (TPSA) is 105 Å². The molecule has 0 aliphatic carbocycles. The highest BCUT2D eigenvalue weighted by molar-refractivity contribution is 6.33. The minimum absolute atomic E-state index is 0.105. The number of aromatic nitrogens is 3. The third-order valence-electron chi connectivity index (χ3n) is 6.94. The van der Waals surface area contributed by atoms with Crippen molar-refractivity contribution in [2.45, 2.75) is 37.4 Å². The highest BCUT2D eigenvalue weighted by Gasteiger charge is 2.48. The average Bonchev–Trinajstić information content (AvgIpc) is 3.55. The van der Waals surface area contributed by atoms with Crippen molar-refractivity contribution in [3.63, 3.8) is 0 Å². The first-order chi connectivity index (χ1) is 17.9. The smallest absolute Gasteiger partial charge is 0.296 e. The normalized spacial score (nSPS) is 25.9. The molecule has 0 saturated carbocycles. The van der Waals surface area contributed by atoms with E-state index in [1.54, 1.807) is 6.07 Å². The van der Waals surface area contributed by atoms with Crippen molar-refractivity contribution in [2.75, 3.05) is 38.7 Å². The lowest BCUT2D eigenvalue weighted by Gasteiger charge is -2.23. The number of aliphatic hydroxyl groups excluding tert-OH is 1. The number of aromatic amines is 1. The maximum absolute atomic E-state index is 14.9. The summed E-state index contributed by atoms with van der Waals surface area (Å²) in [5, 5.41) is 13.1. The molecule has 3 aliphatic rings. The third kappa shape index (κ3) is 4.77. The number of imidazole rings is 1. The molecule has 2 aromatic heterocycles. The summed E-state index contributed by atoms with van der Waals surface area (Å²) < 4.78 is 46.8. The Morgan fingerprint density at radius 2 is 1.97 bits per heavy atom. The van der Waals surface area contributed by atoms with Crippen molar-refractivity contribution in [1.29, 1.82) is 0 Å². The Kier molecular flexibility index (Phi) is 6.49. The summed E-state index contributed by atoms with van der Waals surface area (Å²) in [7, 11) is 1.98. The van der Waals surface area contributed by atoms with E-state index in [9.17, 15) is 13.9 Å². The van der Waals surface area contributed by atoms with Crippen LogP contribution in [0.1, 0.15) is 17.5 Å². The third-order valence-corrected chi connectivity index (χ3v) is 7.22. The van der Waals surface area contributed by atoms with Crippen LogP contribution in [0.3, 0.4) is 0 Å². The zero-order chi connectivity index (χ0) is 25.7. The van der Waals surface area contributed by atoms with Crippen LogP contribution >= 0.6 is 11.6 Å². The maximum Gasteiger partial charge on any atom is 0.296 e. The predicted molar refractivity (Wildman–Crippen MR) is 133 cm³/mol. The van der Waals surface area contributed by atoms with Crippen molar-refractivity contribution in [1.82, 2.24) is 19.9 Å². The molecule has 37 heavy (non-hydrogen) atoms. The van der Waals surface area contributed by atoms with Crippen LogP contribution in [-0.2, 0) is 16.0 Å². The van der Waals surface area contributed by atoms with E-state index in [1.807, 2.05) is 13.1 Å². The molecule has 2 saturated heterocycles. The number of aliphatic hydroxyl groups is 1. The highest BCUT2D eigenvalue weighted by atomic mass is 35.5. The molecular weight excluding hydrogens is 508 g/mol. The number of pyridine rings is 1. The molecule has 4 atom stereocenters. The quantitative estimate of drug-likeness (QED) is 0.444. The van der Waals surface area contributed by atoms with Crippen LogP contribution in [0.15, 0.2) is 24.3 Å². The fourth-order valence-electron chi connectivity index (χ4n) is 5.00. The summed E-state index contributed by atoms with van der Waals surface area (Å²) in [6, 6.07) is 4.54. The van der Waals surface area contributed by atoms with Gasteiger partial charge in [-0.3, -0.25) is 0 Å². The SMILES string of the molecule is CN1CCC=C(c2cc(F)c(CNc3nc4nc(O[C@@H]5CO[C@H]6[C@@H]5OC[C@H]6O)[nH]c4cc3Cl)c(F)c2)C1. The molecule has 0 unspecified atom stereocenters. The molecule has 9 nitrogen and oxygen atoms in total. The molecule has 5 heterocycles. The maximum atomic E-state index is 14.9. The van der Waals surface area contributed by atoms with Crippen molar-refractivity contribution < 1.29 is 28.1 Å². The van der Waals surface area contributed by atoms with Gasteiger partial charge in [-0.1, -0.05) is 17.7 Å². The number of ether oxygens (including phenoxy) is 3. The summed E-state index contributed by atoms with van der Waals surface area (Å²) in [6.07, 6.45) is 0.943. The standard InChI is InChI=1S/C25H26ClF2N5O4/c1-33-4-2-3-12(9-33)13-5-16(27)14(17(28)6-13)8-29-23-15(26)7-18-24(31-23)32-25(30-18)37-20-11-36-21-19(34)10-35-22(20)21/h3,5-7,19-22,34H,2,4,8-11H2,1H3,(H2,29,30,31,32)/t19-,20-,21-,22-/m1/s1. The van der Waals surface area contributed by atoms with E-state index in [0.717, 1.165) is 18.5 Å². The van der Waals surface area contributed by atoms with Gasteiger partial charge in [-0.15, -0.1) is 0 Å². The number of rotatable bonds is 6. The molecule has 0 amide bonds. The summed E-state index contributed by atoms with van der Waals surface area (Å²) in [5.74, 6) is -1.04. The summed E-state index contributed by atoms with van der Waals surface area (Å²) >= 11 is 6.38. The lowest BCUT2D eigenvalue weighted by atomic mass is 9.99. The molecule has 12 heteroatoms. The number of nitrogens with zero attached hydrogens (tertiary/aromatic N) is 3. The second kappa shape index (κ2) is 9.80. The molecular formula is C25H26ClF2N5O4. The number of likely N-dealkylation sites (N-methyl/N-ethyl adjacent to an activating group) is 1. The number of H-pyrrole nitrogens is 1. The zero-order valence-corrected chi connectivity index (χ0v) is 20.8. The number of nitrogens with one attached hydrogen (secondary N) is 2. The number of fused-ring (bicyclic) bond motifs is 2. The van der Waals surface area contributed by atoms with Crippen LogP contribution in [0.4, 0.5) is 14.6 Å². The Morgan fingerprint density at radius 3 is 2.76 bits per heavy atom. The fourth-order valence-corrected chi connectivity index (χ4v) is 5.21. The van der Waals surface area contributed by atoms with Gasteiger partial charge in [0.25, 0.3) is 6.01 Å². The molecule has 196 valence electrons. The largest absolute Gasteiger partial charge is 0.456 e. The number of halogens is 3. The number of benzene rings is 1. The number of anilines is 1. The van der Waals surface area contributed by atoms with E-state index in [-0.39, 0.29) is 48.3 Å². The monoisotopic (exact) mass is 533 g/mol. The van der Waals surface area contributed by atoms with Crippen LogP contribution in [0, 0.1) is 11.6 Å². The number of hydrogen-bond acceptors (Lipinski definition) is 8. The molecule has 6 rings (SSSR count). The zero-order valence-electron chi connectivity index (χ0n) is 20.0. The minimum Gasteiger partial charge on any atom is -0.456 e. The average molecular weight is 534 g/mol.